The van der Waals surface area contributed by atoms with Gasteiger partial charge in [-0.15, -0.1) is 0 Å². The molecule has 3 saturated carbocycles. The van der Waals surface area contributed by atoms with Gasteiger partial charge in [0.1, 0.15) is 11.4 Å². The van der Waals surface area contributed by atoms with Gasteiger partial charge in [-0.1, -0.05) is 24.3 Å². The van der Waals surface area contributed by atoms with Crippen LogP contribution in [-0.2, 0) is 21.2 Å². The van der Waals surface area contributed by atoms with Gasteiger partial charge >= 0.3 is 6.09 Å². The van der Waals surface area contributed by atoms with Crippen molar-refractivity contribution in [3.05, 3.63) is 81.9 Å². The van der Waals surface area contributed by atoms with E-state index < -0.39 is 37.5 Å². The molecular weight excluding hydrogens is 703 g/mol. The number of amides is 2. The highest BCUT2D eigenvalue weighted by Gasteiger charge is 2.48. The number of carbonyl (C=O) groups is 2. The van der Waals surface area contributed by atoms with Crippen LogP contribution in [0.25, 0.3) is 11.1 Å². The maximum atomic E-state index is 13.3. The summed E-state index contributed by atoms with van der Waals surface area (Å²) in [5.41, 5.74) is 2.53. The van der Waals surface area contributed by atoms with Crippen LogP contribution in [0.2, 0.25) is 0 Å². The number of nitro benzene ring substituents is 1. The first-order valence-electron chi connectivity index (χ1n) is 18.0. The van der Waals surface area contributed by atoms with E-state index in [4.69, 9.17) is 14.6 Å². The molecule has 3 aromatic rings. The maximum absolute atomic E-state index is 13.3. The van der Waals surface area contributed by atoms with Crippen LogP contribution in [0.15, 0.2) is 65.6 Å². The lowest BCUT2D eigenvalue weighted by atomic mass is 9.53. The standard InChI is InChI=1S/C38H47N5O9S/c1-51-34-23-27(3-2-18-42-19-21-52-22-20-42)4-10-31(34)28-5-7-29(8-6-28)35(44)41-53(49,50)30-9-11-32(33(24-30)43(47)48)39-25-37-12-15-38(16-13-37,17-14-37)26-40-36(45)46/h4-11,23-24,39-40H,2-3,12-22,25-26H2,1H3,(H,41,44)(H,45,46). The zero-order valence-corrected chi connectivity index (χ0v) is 30.7. The van der Waals surface area contributed by atoms with Gasteiger partial charge in [-0.2, -0.15) is 0 Å². The van der Waals surface area contributed by atoms with Crippen LogP contribution in [-0.4, -0.2) is 88.4 Å². The van der Waals surface area contributed by atoms with Crippen LogP contribution in [0.5, 0.6) is 5.75 Å². The van der Waals surface area contributed by atoms with Gasteiger partial charge < -0.3 is 25.2 Å². The van der Waals surface area contributed by atoms with Crippen LogP contribution in [0.4, 0.5) is 16.2 Å². The van der Waals surface area contributed by atoms with Crippen LogP contribution < -0.4 is 20.1 Å². The Morgan fingerprint density at radius 2 is 1.60 bits per heavy atom. The van der Waals surface area contributed by atoms with Crippen molar-refractivity contribution in [1.29, 1.82) is 0 Å². The Balaban J connectivity index is 1.06. The Morgan fingerprint density at radius 3 is 2.23 bits per heavy atom. The van der Waals surface area contributed by atoms with E-state index in [1.54, 1.807) is 19.2 Å². The minimum atomic E-state index is -4.45. The number of morpholine rings is 1. The highest BCUT2D eigenvalue weighted by molar-refractivity contribution is 7.90. The van der Waals surface area contributed by atoms with E-state index in [1.807, 2.05) is 16.9 Å². The summed E-state index contributed by atoms with van der Waals surface area (Å²) >= 11 is 0. The van der Waals surface area contributed by atoms with Gasteiger partial charge in [0.25, 0.3) is 21.6 Å². The Hall–Kier alpha value is -4.73. The summed E-state index contributed by atoms with van der Waals surface area (Å²) in [5.74, 6) is -0.176. The number of carbonyl (C=O) groups excluding carboxylic acids is 1. The van der Waals surface area contributed by atoms with E-state index in [0.717, 1.165) is 107 Å². The molecule has 14 nitrogen and oxygen atoms in total. The number of aryl methyl sites for hydroxylation is 1. The first-order valence-corrected chi connectivity index (χ1v) is 19.5. The number of anilines is 1. The monoisotopic (exact) mass is 749 g/mol. The fourth-order valence-corrected chi connectivity index (χ4v) is 8.89. The number of benzene rings is 3. The minimum Gasteiger partial charge on any atom is -0.496 e. The van der Waals surface area contributed by atoms with E-state index in [1.165, 1.54) is 24.3 Å². The zero-order valence-electron chi connectivity index (χ0n) is 29.9. The second-order valence-electron chi connectivity index (χ2n) is 14.6. The number of hydrogen-bond acceptors (Lipinski definition) is 10. The molecule has 4 N–H and O–H groups in total. The van der Waals surface area contributed by atoms with Crippen molar-refractivity contribution in [2.45, 2.75) is 56.3 Å². The number of ether oxygens (including phenoxy) is 2. The SMILES string of the molecule is COc1cc(CCCN2CCOCC2)ccc1-c1ccc(C(=O)NS(=O)(=O)c2ccc(NCC34CCC(CNC(=O)O)(CC3)CC4)c([N+](=O)[O-])c2)cc1. The normalized spacial score (nSPS) is 21.5. The molecule has 4 aliphatic rings. The Kier molecular flexibility index (Phi) is 11.5. The number of nitro groups is 1. The van der Waals surface area contributed by atoms with E-state index >= 15 is 0 Å². The van der Waals surface area contributed by atoms with Crippen molar-refractivity contribution in [3.8, 4) is 16.9 Å². The molecule has 7 rings (SSSR count). The highest BCUT2D eigenvalue weighted by atomic mass is 32.2. The third-order valence-electron chi connectivity index (χ3n) is 11.3. The molecule has 2 bridgehead atoms. The topological polar surface area (TPSA) is 189 Å². The van der Waals surface area contributed by atoms with E-state index in [-0.39, 0.29) is 22.1 Å². The lowest BCUT2D eigenvalue weighted by Gasteiger charge is -2.53. The van der Waals surface area contributed by atoms with E-state index in [2.05, 4.69) is 21.6 Å². The third-order valence-corrected chi connectivity index (χ3v) is 12.6. The Morgan fingerprint density at radius 1 is 0.943 bits per heavy atom. The Labute approximate surface area is 309 Å². The second kappa shape index (κ2) is 16.1. The molecule has 2 amide bonds. The molecule has 1 aliphatic heterocycles. The molecule has 0 atom stereocenters. The highest BCUT2D eigenvalue weighted by Crippen LogP contribution is 2.56. The zero-order chi connectivity index (χ0) is 37.6. The summed E-state index contributed by atoms with van der Waals surface area (Å²) in [4.78, 5) is 37.5. The van der Waals surface area contributed by atoms with Crippen molar-refractivity contribution < 1.29 is 37.5 Å². The molecule has 284 valence electrons. The average molecular weight is 750 g/mol. The summed E-state index contributed by atoms with van der Waals surface area (Å²) in [7, 11) is -2.84. The largest absolute Gasteiger partial charge is 0.496 e. The molecule has 1 saturated heterocycles. The first-order chi connectivity index (χ1) is 25.4. The number of hydrogen-bond donors (Lipinski definition) is 4. The average Bonchev–Trinajstić information content (AvgIpc) is 3.17. The quantitative estimate of drug-likeness (QED) is 0.111. The first kappa shape index (κ1) is 38.0. The van der Waals surface area contributed by atoms with Crippen LogP contribution in [0.3, 0.4) is 0 Å². The number of nitrogens with zero attached hydrogens (tertiary/aromatic N) is 2. The summed E-state index contributed by atoms with van der Waals surface area (Å²) in [5, 5.41) is 26.8. The van der Waals surface area contributed by atoms with E-state index in [0.29, 0.717) is 18.8 Å². The summed E-state index contributed by atoms with van der Waals surface area (Å²) in [6.45, 7) is 5.37. The van der Waals surface area contributed by atoms with Gasteiger partial charge in [0, 0.05) is 43.4 Å². The van der Waals surface area contributed by atoms with Gasteiger partial charge in [-0.05, 0) is 110 Å². The molecule has 0 unspecified atom stereocenters. The smallest absolute Gasteiger partial charge is 0.404 e. The molecule has 0 radical (unpaired) electrons. The number of sulfonamides is 1. The van der Waals surface area contributed by atoms with Crippen molar-refractivity contribution in [2.24, 2.45) is 10.8 Å². The number of methoxy groups -OCH3 is 1. The molecule has 53 heavy (non-hydrogen) atoms. The lowest BCUT2D eigenvalue weighted by molar-refractivity contribution is -0.384. The van der Waals surface area contributed by atoms with Crippen LogP contribution in [0.1, 0.15) is 60.9 Å². The van der Waals surface area contributed by atoms with Crippen molar-refractivity contribution >= 4 is 33.4 Å². The minimum absolute atomic E-state index is 0.0438. The maximum Gasteiger partial charge on any atom is 0.404 e. The van der Waals surface area contributed by atoms with E-state index in [9.17, 15) is 28.1 Å². The fraction of sp³-hybridized carbons (Fsp3) is 0.474. The molecule has 3 aromatic carbocycles. The van der Waals surface area contributed by atoms with Gasteiger partial charge in [0.05, 0.1) is 30.1 Å². The molecule has 3 aliphatic carbocycles. The second-order valence-corrected chi connectivity index (χ2v) is 16.2. The van der Waals surface area contributed by atoms with Gasteiger partial charge in [0.15, 0.2) is 0 Å². The molecule has 0 aromatic heterocycles. The number of carboxylic acid groups (broad SMARTS) is 1. The van der Waals surface area contributed by atoms with Crippen molar-refractivity contribution in [2.75, 3.05) is 58.4 Å². The lowest BCUT2D eigenvalue weighted by Crippen LogP contribution is -2.49. The number of fused-ring (bicyclic) bond motifs is 3. The molecule has 1 heterocycles. The van der Waals surface area contributed by atoms with Crippen molar-refractivity contribution in [1.82, 2.24) is 14.9 Å². The van der Waals surface area contributed by atoms with Crippen LogP contribution >= 0.6 is 0 Å². The summed E-state index contributed by atoms with van der Waals surface area (Å²) in [6, 6.07) is 16.1. The number of nitrogens with one attached hydrogen (secondary N) is 3. The Bertz CT molecular complexity index is 1910. The summed E-state index contributed by atoms with van der Waals surface area (Å²) < 4.78 is 39.7. The van der Waals surface area contributed by atoms with Gasteiger partial charge in [-0.25, -0.2) is 17.9 Å². The third kappa shape index (κ3) is 9.08. The summed E-state index contributed by atoms with van der Waals surface area (Å²) in [6.07, 6.45) is 6.10. The number of rotatable bonds is 15. The van der Waals surface area contributed by atoms with Crippen LogP contribution in [0, 0.1) is 20.9 Å². The van der Waals surface area contributed by atoms with Gasteiger partial charge in [0.2, 0.25) is 0 Å². The van der Waals surface area contributed by atoms with Gasteiger partial charge in [-0.3, -0.25) is 19.8 Å². The predicted molar refractivity (Wildman–Crippen MR) is 199 cm³/mol. The van der Waals surface area contributed by atoms with Crippen molar-refractivity contribution in [3.63, 3.8) is 0 Å². The molecule has 4 fully saturated rings. The molecule has 0 spiro atoms. The molecular formula is C38H47N5O9S. The molecule has 15 heteroatoms. The fourth-order valence-electron chi connectivity index (χ4n) is 7.90. The predicted octanol–water partition coefficient (Wildman–Crippen LogP) is 5.67.